The van der Waals surface area contributed by atoms with Crippen molar-refractivity contribution in [3.63, 3.8) is 0 Å². The number of hydrogen-bond acceptors (Lipinski definition) is 7. The van der Waals surface area contributed by atoms with Crippen LogP contribution in [0.5, 0.6) is 0 Å². The molecule has 0 fully saturated rings. The number of oxime groups is 1. The van der Waals surface area contributed by atoms with Gasteiger partial charge in [-0.2, -0.15) is 0 Å². The van der Waals surface area contributed by atoms with Crippen molar-refractivity contribution in [2.24, 2.45) is 5.16 Å². The Morgan fingerprint density at radius 1 is 1.80 bits per heavy atom. The van der Waals surface area contributed by atoms with Crippen molar-refractivity contribution in [2.45, 2.75) is 0 Å². The summed E-state index contributed by atoms with van der Waals surface area (Å²) in [7, 11) is 1.21. The number of nitrogens with zero attached hydrogens (tertiary/aromatic N) is 2. The highest BCUT2D eigenvalue weighted by Gasteiger charge is 2.10. The van der Waals surface area contributed by atoms with Crippen molar-refractivity contribution in [2.75, 3.05) is 12.4 Å². The van der Waals surface area contributed by atoms with E-state index in [4.69, 9.17) is 0 Å². The van der Waals surface area contributed by atoms with E-state index in [-0.39, 0.29) is 10.8 Å². The molecule has 1 aromatic heterocycles. The molecule has 0 saturated carbocycles. The number of aromatic nitrogens is 1. The van der Waals surface area contributed by atoms with Crippen molar-refractivity contribution < 1.29 is 19.5 Å². The highest BCUT2D eigenvalue weighted by atomic mass is 32.1. The molecular formula is C7H6N3O4S-. The van der Waals surface area contributed by atoms with Crippen molar-refractivity contribution in [1.29, 1.82) is 0 Å². The van der Waals surface area contributed by atoms with E-state index in [9.17, 15) is 14.7 Å². The summed E-state index contributed by atoms with van der Waals surface area (Å²) in [5, 5.41) is 17.8. The SMILES string of the molecule is CO/N=C(/C(=O)[O-])c1csc(NC=O)n1. The van der Waals surface area contributed by atoms with Crippen LogP contribution in [0.1, 0.15) is 5.69 Å². The van der Waals surface area contributed by atoms with Crippen LogP contribution in [0.25, 0.3) is 0 Å². The topological polar surface area (TPSA) is 104 Å². The predicted octanol–water partition coefficient (Wildman–Crippen LogP) is -1.19. The molecule has 0 unspecified atom stereocenters. The third-order valence-electron chi connectivity index (χ3n) is 1.31. The summed E-state index contributed by atoms with van der Waals surface area (Å²) >= 11 is 1.06. The molecule has 0 spiro atoms. The second-order valence-corrected chi connectivity index (χ2v) is 3.07. The summed E-state index contributed by atoms with van der Waals surface area (Å²) in [4.78, 5) is 28.8. The highest BCUT2D eigenvalue weighted by molar-refractivity contribution is 7.14. The zero-order chi connectivity index (χ0) is 11.3. The van der Waals surface area contributed by atoms with Gasteiger partial charge in [0.1, 0.15) is 12.8 Å². The summed E-state index contributed by atoms with van der Waals surface area (Å²) in [5.41, 5.74) is -0.348. The number of thiazole rings is 1. The van der Waals surface area contributed by atoms with Crippen molar-refractivity contribution in [3.05, 3.63) is 11.1 Å². The van der Waals surface area contributed by atoms with Crippen molar-refractivity contribution in [3.8, 4) is 0 Å². The first-order chi connectivity index (χ1) is 7.19. The summed E-state index contributed by atoms with van der Waals surface area (Å²) < 4.78 is 0. The maximum atomic E-state index is 10.6. The summed E-state index contributed by atoms with van der Waals surface area (Å²) in [6, 6.07) is 0. The molecule has 1 aromatic rings. The third kappa shape index (κ3) is 2.74. The molecule has 80 valence electrons. The minimum absolute atomic E-state index is 0.0752. The average molecular weight is 228 g/mol. The van der Waals surface area contributed by atoms with Crippen LogP contribution in [0, 0.1) is 0 Å². The zero-order valence-electron chi connectivity index (χ0n) is 7.59. The molecule has 0 aliphatic rings. The van der Waals surface area contributed by atoms with E-state index in [0.29, 0.717) is 6.41 Å². The largest absolute Gasteiger partial charge is 0.543 e. The molecule has 1 rings (SSSR count). The molecule has 15 heavy (non-hydrogen) atoms. The van der Waals surface area contributed by atoms with Crippen LogP contribution in [0.4, 0.5) is 5.13 Å². The smallest absolute Gasteiger partial charge is 0.213 e. The van der Waals surface area contributed by atoms with Crippen LogP contribution in [0.3, 0.4) is 0 Å². The minimum Gasteiger partial charge on any atom is -0.543 e. The highest BCUT2D eigenvalue weighted by Crippen LogP contribution is 2.15. The minimum atomic E-state index is -1.50. The second-order valence-electron chi connectivity index (χ2n) is 2.21. The van der Waals surface area contributed by atoms with Crippen LogP contribution in [0.15, 0.2) is 10.5 Å². The molecular weight excluding hydrogens is 222 g/mol. The number of anilines is 1. The fourth-order valence-electron chi connectivity index (χ4n) is 0.779. The van der Waals surface area contributed by atoms with E-state index in [1.807, 2.05) is 0 Å². The lowest BCUT2D eigenvalue weighted by atomic mass is 10.3. The average Bonchev–Trinajstić information content (AvgIpc) is 2.62. The zero-order valence-corrected chi connectivity index (χ0v) is 8.41. The lowest BCUT2D eigenvalue weighted by Crippen LogP contribution is -2.32. The Hall–Kier alpha value is -1.96. The standard InChI is InChI=1S/C7H7N3O4S/c1-14-10-5(6(12)13)4-2-15-7(9-4)8-3-11/h2-3H,1H3,(H,12,13)(H,8,9,11)/p-1/b10-5+. The molecule has 0 aliphatic carbocycles. The van der Waals surface area contributed by atoms with Crippen LogP contribution < -0.4 is 10.4 Å². The summed E-state index contributed by atoms with van der Waals surface area (Å²) in [6.07, 6.45) is 0.439. The van der Waals surface area contributed by atoms with Gasteiger partial charge in [-0.1, -0.05) is 5.16 Å². The molecule has 0 aliphatic heterocycles. The van der Waals surface area contributed by atoms with E-state index in [1.165, 1.54) is 12.5 Å². The van der Waals surface area contributed by atoms with Gasteiger partial charge in [0.05, 0.1) is 5.97 Å². The van der Waals surface area contributed by atoms with E-state index in [1.54, 1.807) is 0 Å². The number of carboxylic acids is 1. The number of amides is 1. The molecule has 0 atom stereocenters. The van der Waals surface area contributed by atoms with Gasteiger partial charge in [0.15, 0.2) is 10.8 Å². The van der Waals surface area contributed by atoms with Gasteiger partial charge in [-0.15, -0.1) is 11.3 Å². The Morgan fingerprint density at radius 3 is 3.07 bits per heavy atom. The molecule has 8 heteroatoms. The van der Waals surface area contributed by atoms with E-state index in [2.05, 4.69) is 20.3 Å². The summed E-state index contributed by atoms with van der Waals surface area (Å²) in [6.45, 7) is 0. The molecule has 0 aromatic carbocycles. The number of carboxylic acid groups (broad SMARTS) is 1. The molecule has 7 nitrogen and oxygen atoms in total. The third-order valence-corrected chi connectivity index (χ3v) is 2.08. The van der Waals surface area contributed by atoms with Gasteiger partial charge in [0, 0.05) is 5.38 Å². The van der Waals surface area contributed by atoms with E-state index < -0.39 is 11.7 Å². The molecule has 0 radical (unpaired) electrons. The molecule has 1 N–H and O–H groups in total. The van der Waals surface area contributed by atoms with Gasteiger partial charge >= 0.3 is 0 Å². The second kappa shape index (κ2) is 5.05. The lowest BCUT2D eigenvalue weighted by Gasteiger charge is -2.01. The number of carbonyl (C=O) groups is 2. The fourth-order valence-corrected chi connectivity index (χ4v) is 1.43. The Balaban J connectivity index is 2.97. The Kier molecular flexibility index (Phi) is 3.75. The van der Waals surface area contributed by atoms with Gasteiger partial charge in [-0.05, 0) is 0 Å². The predicted molar refractivity (Wildman–Crippen MR) is 50.4 cm³/mol. The molecule has 1 amide bonds. The Morgan fingerprint density at radius 2 is 2.53 bits per heavy atom. The van der Waals surface area contributed by atoms with Gasteiger partial charge in [0.2, 0.25) is 6.41 Å². The lowest BCUT2D eigenvalue weighted by molar-refractivity contribution is -0.294. The monoisotopic (exact) mass is 228 g/mol. The number of nitrogens with one attached hydrogen (secondary N) is 1. The normalized spacial score (nSPS) is 10.9. The van der Waals surface area contributed by atoms with E-state index in [0.717, 1.165) is 11.3 Å². The van der Waals surface area contributed by atoms with Gasteiger partial charge in [-0.25, -0.2) is 4.98 Å². The van der Waals surface area contributed by atoms with Crippen molar-refractivity contribution >= 4 is 34.6 Å². The van der Waals surface area contributed by atoms with Crippen LogP contribution >= 0.6 is 11.3 Å². The molecule has 1 heterocycles. The quantitative estimate of drug-likeness (QED) is 0.387. The fraction of sp³-hybridized carbons (Fsp3) is 0.143. The maximum absolute atomic E-state index is 10.6. The van der Waals surface area contributed by atoms with Crippen molar-refractivity contribution in [1.82, 2.24) is 4.98 Å². The van der Waals surface area contributed by atoms with Gasteiger partial charge in [-0.3, -0.25) is 4.79 Å². The van der Waals surface area contributed by atoms with Crippen LogP contribution in [-0.4, -0.2) is 30.2 Å². The van der Waals surface area contributed by atoms with Crippen LogP contribution in [0.2, 0.25) is 0 Å². The van der Waals surface area contributed by atoms with Gasteiger partial charge < -0.3 is 20.1 Å². The summed E-state index contributed by atoms with van der Waals surface area (Å²) in [5.74, 6) is -1.50. The Labute approximate surface area is 88.4 Å². The number of carbonyl (C=O) groups excluding carboxylic acids is 2. The molecule has 0 saturated heterocycles. The maximum Gasteiger partial charge on any atom is 0.213 e. The molecule has 0 bridgehead atoms. The first-order valence-corrected chi connectivity index (χ1v) is 4.55. The number of rotatable bonds is 5. The first kappa shape index (κ1) is 11.1. The van der Waals surface area contributed by atoms with Crippen LogP contribution in [-0.2, 0) is 14.4 Å². The number of aliphatic carboxylic acids is 1. The van der Waals surface area contributed by atoms with Gasteiger partial charge in [0.25, 0.3) is 0 Å². The number of hydrogen-bond donors (Lipinski definition) is 1. The first-order valence-electron chi connectivity index (χ1n) is 3.67. The Bertz CT molecular complexity index is 401. The van der Waals surface area contributed by atoms with E-state index >= 15 is 0 Å².